The van der Waals surface area contributed by atoms with Crippen LogP contribution in [0.4, 0.5) is 11.4 Å². The van der Waals surface area contributed by atoms with Crippen LogP contribution in [0.5, 0.6) is 11.5 Å². The van der Waals surface area contributed by atoms with E-state index >= 15 is 0 Å². The van der Waals surface area contributed by atoms with E-state index in [0.717, 1.165) is 0 Å². The van der Waals surface area contributed by atoms with E-state index in [2.05, 4.69) is 5.32 Å². The van der Waals surface area contributed by atoms with Crippen molar-refractivity contribution in [2.45, 2.75) is 17.0 Å². The zero-order valence-electron chi connectivity index (χ0n) is 17.2. The highest BCUT2D eigenvalue weighted by Crippen LogP contribution is 2.41. The fourth-order valence-electron chi connectivity index (χ4n) is 3.94. The summed E-state index contributed by atoms with van der Waals surface area (Å²) in [6, 6.07) is 18.8. The minimum absolute atomic E-state index is 0.0416. The van der Waals surface area contributed by atoms with Crippen molar-refractivity contribution in [2.75, 3.05) is 16.8 Å². The van der Waals surface area contributed by atoms with Crippen LogP contribution in [0.3, 0.4) is 0 Å². The molecule has 2 unspecified atom stereocenters. The summed E-state index contributed by atoms with van der Waals surface area (Å²) >= 11 is 0. The summed E-state index contributed by atoms with van der Waals surface area (Å²) in [6.45, 7) is -0.0416. The molecular formula is C23H19N3O6S. The van der Waals surface area contributed by atoms with E-state index < -0.39 is 34.0 Å². The molecule has 0 saturated carbocycles. The normalized spacial score (nSPS) is 19.4. The second kappa shape index (κ2) is 7.91. The number of nitrogens with two attached hydrogens (primary N) is 1. The molecule has 2 atom stereocenters. The summed E-state index contributed by atoms with van der Waals surface area (Å²) in [5.74, 6) is -0.0519. The molecule has 2 aliphatic rings. The molecule has 0 aromatic heterocycles. The van der Waals surface area contributed by atoms with Crippen LogP contribution in [0.25, 0.3) is 0 Å². The predicted molar refractivity (Wildman–Crippen MR) is 119 cm³/mol. The van der Waals surface area contributed by atoms with Crippen molar-refractivity contribution in [3.63, 3.8) is 0 Å². The summed E-state index contributed by atoms with van der Waals surface area (Å²) in [7, 11) is -4.01. The maximum absolute atomic E-state index is 13.7. The fourth-order valence-corrected chi connectivity index (χ4v) is 4.48. The molecule has 0 radical (unpaired) electrons. The van der Waals surface area contributed by atoms with Crippen LogP contribution >= 0.6 is 0 Å². The van der Waals surface area contributed by atoms with Crippen LogP contribution in [0, 0.1) is 0 Å². The molecule has 3 N–H and O–H groups in total. The molecule has 5 rings (SSSR count). The van der Waals surface area contributed by atoms with Gasteiger partial charge in [-0.1, -0.05) is 42.5 Å². The molecule has 168 valence electrons. The van der Waals surface area contributed by atoms with Gasteiger partial charge in [-0.05, 0) is 35.9 Å². The van der Waals surface area contributed by atoms with Crippen LogP contribution in [-0.2, 0) is 19.6 Å². The Kier molecular flexibility index (Phi) is 5.03. The van der Waals surface area contributed by atoms with E-state index in [1.807, 2.05) is 0 Å². The van der Waals surface area contributed by atoms with E-state index in [1.54, 1.807) is 54.6 Å². The average Bonchev–Trinajstić information content (AvgIpc) is 2.82. The third kappa shape index (κ3) is 3.79. The van der Waals surface area contributed by atoms with Crippen molar-refractivity contribution in [3.05, 3.63) is 78.4 Å². The van der Waals surface area contributed by atoms with Gasteiger partial charge in [0, 0.05) is 0 Å². The van der Waals surface area contributed by atoms with E-state index in [1.165, 1.54) is 23.1 Å². The van der Waals surface area contributed by atoms with Crippen LogP contribution in [-0.4, -0.2) is 32.9 Å². The summed E-state index contributed by atoms with van der Waals surface area (Å²) in [5.41, 5.74) is 1.06. The number of para-hydroxylation sites is 2. The van der Waals surface area contributed by atoms with Gasteiger partial charge in [0.05, 0.1) is 16.3 Å². The molecule has 2 heterocycles. The molecule has 0 aliphatic carbocycles. The zero-order valence-corrected chi connectivity index (χ0v) is 18.0. The average molecular weight is 465 g/mol. The van der Waals surface area contributed by atoms with Crippen molar-refractivity contribution in [1.29, 1.82) is 0 Å². The molecule has 2 amide bonds. The summed E-state index contributed by atoms with van der Waals surface area (Å²) in [4.78, 5) is 28.0. The first kappa shape index (κ1) is 21.0. The van der Waals surface area contributed by atoms with Gasteiger partial charge in [-0.2, -0.15) is 0 Å². The Morgan fingerprint density at radius 1 is 1.00 bits per heavy atom. The van der Waals surface area contributed by atoms with Gasteiger partial charge >= 0.3 is 0 Å². The summed E-state index contributed by atoms with van der Waals surface area (Å²) in [5, 5.41) is 7.94. The van der Waals surface area contributed by atoms with Crippen molar-refractivity contribution < 1.29 is 27.5 Å². The Bertz CT molecular complexity index is 1360. The largest absolute Gasteiger partial charge is 0.485 e. The van der Waals surface area contributed by atoms with Crippen LogP contribution in [0.15, 0.2) is 77.7 Å². The Morgan fingerprint density at radius 3 is 2.42 bits per heavy atom. The van der Waals surface area contributed by atoms with E-state index in [-0.39, 0.29) is 17.2 Å². The number of ether oxygens (including phenoxy) is 2. The number of amides is 2. The molecule has 33 heavy (non-hydrogen) atoms. The minimum Gasteiger partial charge on any atom is -0.485 e. The van der Waals surface area contributed by atoms with Gasteiger partial charge in [0.2, 0.25) is 16.1 Å². The maximum Gasteiger partial charge on any atom is 0.272 e. The lowest BCUT2D eigenvalue weighted by Gasteiger charge is -2.39. The Balaban J connectivity index is 1.60. The second-order valence-electron chi connectivity index (χ2n) is 7.60. The lowest BCUT2D eigenvalue weighted by atomic mass is 9.99. The van der Waals surface area contributed by atoms with E-state index in [0.29, 0.717) is 22.7 Å². The molecule has 2 aliphatic heterocycles. The molecule has 10 heteroatoms. The third-order valence-corrected chi connectivity index (χ3v) is 6.37. The molecule has 0 fully saturated rings. The number of nitrogens with one attached hydrogen (secondary N) is 1. The highest BCUT2D eigenvalue weighted by Gasteiger charge is 2.42. The molecule has 0 saturated heterocycles. The molecule has 3 aromatic rings. The monoisotopic (exact) mass is 465 g/mol. The highest BCUT2D eigenvalue weighted by atomic mass is 32.2. The second-order valence-corrected chi connectivity index (χ2v) is 9.16. The van der Waals surface area contributed by atoms with Crippen LogP contribution in [0.2, 0.25) is 0 Å². The SMILES string of the molecule is NS(=O)(=O)c1ccc2c(c1)NC(=O)C(c1ccccc1)N2C(=O)C1COc2ccccc2O1. The number of anilines is 2. The first-order chi connectivity index (χ1) is 15.8. The van der Waals surface area contributed by atoms with E-state index in [4.69, 9.17) is 14.6 Å². The number of benzene rings is 3. The van der Waals surface area contributed by atoms with Gasteiger partial charge < -0.3 is 14.8 Å². The van der Waals surface area contributed by atoms with E-state index in [9.17, 15) is 18.0 Å². The lowest BCUT2D eigenvalue weighted by Crippen LogP contribution is -2.52. The minimum atomic E-state index is -4.01. The predicted octanol–water partition coefficient (Wildman–Crippen LogP) is 2.20. The molecule has 9 nitrogen and oxygen atoms in total. The Labute approximate surface area is 189 Å². The summed E-state index contributed by atoms with van der Waals surface area (Å²) in [6.07, 6.45) is -1.01. The van der Waals surface area contributed by atoms with Crippen LogP contribution in [0.1, 0.15) is 11.6 Å². The molecule has 0 bridgehead atoms. The standard InChI is InChI=1S/C23H19N3O6S/c24-33(29,30)15-10-11-17-16(12-15)25-22(27)21(14-6-2-1-3-7-14)26(17)23(28)20-13-31-18-8-4-5-9-19(18)32-20/h1-12,20-21H,13H2,(H,25,27)(H2,24,29,30). The topological polar surface area (TPSA) is 128 Å². The highest BCUT2D eigenvalue weighted by molar-refractivity contribution is 7.89. The fraction of sp³-hybridized carbons (Fsp3) is 0.130. The molecule has 3 aromatic carbocycles. The first-order valence-electron chi connectivity index (χ1n) is 10.1. The number of sulfonamides is 1. The maximum atomic E-state index is 13.7. The van der Waals surface area contributed by atoms with Crippen molar-refractivity contribution in [2.24, 2.45) is 5.14 Å². The number of carbonyl (C=O) groups excluding carboxylic acids is 2. The zero-order chi connectivity index (χ0) is 23.2. The number of fused-ring (bicyclic) bond motifs is 2. The number of nitrogens with zero attached hydrogens (tertiary/aromatic N) is 1. The van der Waals surface area contributed by atoms with Gasteiger partial charge in [0.25, 0.3) is 11.8 Å². The Morgan fingerprint density at radius 2 is 1.70 bits per heavy atom. The van der Waals surface area contributed by atoms with Gasteiger partial charge in [-0.15, -0.1) is 0 Å². The molecule has 0 spiro atoms. The van der Waals surface area contributed by atoms with Crippen molar-refractivity contribution >= 4 is 33.2 Å². The first-order valence-corrected chi connectivity index (χ1v) is 11.6. The lowest BCUT2D eigenvalue weighted by molar-refractivity contribution is -0.130. The van der Waals surface area contributed by atoms with Crippen molar-refractivity contribution in [3.8, 4) is 11.5 Å². The van der Waals surface area contributed by atoms with Crippen LogP contribution < -0.4 is 24.8 Å². The summed E-state index contributed by atoms with van der Waals surface area (Å²) < 4.78 is 35.2. The van der Waals surface area contributed by atoms with Gasteiger partial charge in [-0.3, -0.25) is 14.5 Å². The number of rotatable bonds is 3. The third-order valence-electron chi connectivity index (χ3n) is 5.46. The Hall–Kier alpha value is -3.89. The number of primary sulfonamides is 1. The quantitative estimate of drug-likeness (QED) is 0.610. The smallest absolute Gasteiger partial charge is 0.272 e. The number of hydrogen-bond acceptors (Lipinski definition) is 6. The van der Waals surface area contributed by atoms with Gasteiger partial charge in [-0.25, -0.2) is 13.6 Å². The van der Waals surface area contributed by atoms with Crippen molar-refractivity contribution in [1.82, 2.24) is 0 Å². The van der Waals surface area contributed by atoms with Gasteiger partial charge in [0.15, 0.2) is 11.5 Å². The van der Waals surface area contributed by atoms with Gasteiger partial charge in [0.1, 0.15) is 12.6 Å². The molecular weight excluding hydrogens is 446 g/mol. The number of carbonyl (C=O) groups is 2. The number of hydrogen-bond donors (Lipinski definition) is 2.